The molecule has 0 radical (unpaired) electrons. The number of carbonyl (C=O) groups is 3. The minimum atomic E-state index is -0.397. The molecular formula is C21H30N2O5S. The highest BCUT2D eigenvalue weighted by atomic mass is 32.1. The first-order valence-electron chi connectivity index (χ1n) is 10.3. The lowest BCUT2D eigenvalue weighted by Crippen LogP contribution is -2.49. The van der Waals surface area contributed by atoms with Gasteiger partial charge >= 0.3 is 5.97 Å². The van der Waals surface area contributed by atoms with Crippen LogP contribution in [0.5, 0.6) is 0 Å². The van der Waals surface area contributed by atoms with Crippen LogP contribution in [0.4, 0.5) is 0 Å². The topological polar surface area (TPSA) is 76.2 Å². The second-order valence-corrected chi connectivity index (χ2v) is 8.94. The van der Waals surface area contributed by atoms with Crippen molar-refractivity contribution in [3.05, 3.63) is 22.4 Å². The monoisotopic (exact) mass is 422 g/mol. The lowest BCUT2D eigenvalue weighted by molar-refractivity contribution is -0.152. The van der Waals surface area contributed by atoms with Crippen molar-refractivity contribution in [3.63, 3.8) is 0 Å². The molecule has 3 heterocycles. The van der Waals surface area contributed by atoms with Crippen molar-refractivity contribution in [2.45, 2.75) is 39.0 Å². The second kappa shape index (κ2) is 10.2. The Morgan fingerprint density at radius 2 is 1.79 bits per heavy atom. The summed E-state index contributed by atoms with van der Waals surface area (Å²) < 4.78 is 10.7. The first kappa shape index (κ1) is 21.8. The Hall–Kier alpha value is -1.93. The zero-order chi connectivity index (χ0) is 20.7. The third-order valence-corrected chi connectivity index (χ3v) is 6.75. The van der Waals surface area contributed by atoms with Gasteiger partial charge in [0.25, 0.3) is 0 Å². The highest BCUT2D eigenvalue weighted by Gasteiger charge is 2.40. The number of aryl methyl sites for hydroxylation is 1. The summed E-state index contributed by atoms with van der Waals surface area (Å²) in [5.41, 5.74) is -0.397. The molecule has 2 aliphatic rings. The van der Waals surface area contributed by atoms with Gasteiger partial charge in [0.15, 0.2) is 0 Å². The van der Waals surface area contributed by atoms with E-state index in [0.717, 1.165) is 6.42 Å². The van der Waals surface area contributed by atoms with Crippen molar-refractivity contribution >= 4 is 29.1 Å². The van der Waals surface area contributed by atoms with E-state index in [-0.39, 0.29) is 24.4 Å². The van der Waals surface area contributed by atoms with E-state index in [1.54, 1.807) is 11.3 Å². The van der Waals surface area contributed by atoms with E-state index in [4.69, 9.17) is 9.47 Å². The minimum absolute atomic E-state index is 0.0814. The van der Waals surface area contributed by atoms with Gasteiger partial charge in [0.1, 0.15) is 0 Å². The number of morpholine rings is 1. The standard InChI is InChI=1S/C21H30N2O5S/c1-17(24)28-16-21(15-20(26)23-10-12-27-13-11-23)6-8-22(9-7-21)19(25)5-4-18-3-2-14-29-18/h2-3,14H,4-13,15-16H2,1H3. The number of carbonyl (C=O) groups excluding carboxylic acids is 3. The molecule has 0 spiro atoms. The predicted molar refractivity (Wildman–Crippen MR) is 110 cm³/mol. The molecule has 160 valence electrons. The molecule has 29 heavy (non-hydrogen) atoms. The number of likely N-dealkylation sites (tertiary alicyclic amines) is 1. The summed E-state index contributed by atoms with van der Waals surface area (Å²) in [5, 5.41) is 2.02. The number of hydrogen-bond acceptors (Lipinski definition) is 6. The van der Waals surface area contributed by atoms with E-state index in [1.165, 1.54) is 11.8 Å². The third-order valence-electron chi connectivity index (χ3n) is 5.81. The van der Waals surface area contributed by atoms with Gasteiger partial charge in [-0.3, -0.25) is 14.4 Å². The lowest BCUT2D eigenvalue weighted by Gasteiger charge is -2.42. The Kier molecular flexibility index (Phi) is 7.66. The first-order valence-corrected chi connectivity index (χ1v) is 11.1. The van der Waals surface area contributed by atoms with Crippen molar-refractivity contribution in [2.24, 2.45) is 5.41 Å². The second-order valence-electron chi connectivity index (χ2n) is 7.91. The lowest BCUT2D eigenvalue weighted by atomic mass is 9.75. The van der Waals surface area contributed by atoms with Crippen LogP contribution in [0.25, 0.3) is 0 Å². The maximum absolute atomic E-state index is 12.8. The zero-order valence-corrected chi connectivity index (χ0v) is 17.9. The summed E-state index contributed by atoms with van der Waals surface area (Å²) >= 11 is 1.67. The SMILES string of the molecule is CC(=O)OCC1(CC(=O)N2CCOCC2)CCN(C(=O)CCc2cccs2)CC1. The van der Waals surface area contributed by atoms with E-state index < -0.39 is 5.41 Å². The van der Waals surface area contributed by atoms with E-state index in [1.807, 2.05) is 21.2 Å². The largest absolute Gasteiger partial charge is 0.465 e. The summed E-state index contributed by atoms with van der Waals surface area (Å²) in [6.45, 7) is 5.16. The van der Waals surface area contributed by atoms with Crippen LogP contribution in [0.2, 0.25) is 0 Å². The molecule has 2 aliphatic heterocycles. The molecule has 0 aliphatic carbocycles. The van der Waals surface area contributed by atoms with Crippen LogP contribution >= 0.6 is 11.3 Å². The molecule has 2 saturated heterocycles. The number of ether oxygens (including phenoxy) is 2. The Morgan fingerprint density at radius 3 is 2.41 bits per heavy atom. The van der Waals surface area contributed by atoms with E-state index >= 15 is 0 Å². The molecule has 1 aromatic heterocycles. The van der Waals surface area contributed by atoms with Gasteiger partial charge in [-0.25, -0.2) is 0 Å². The average molecular weight is 423 g/mol. The van der Waals surface area contributed by atoms with Crippen LogP contribution in [0, 0.1) is 5.41 Å². The number of hydrogen-bond donors (Lipinski definition) is 0. The fraction of sp³-hybridized carbons (Fsp3) is 0.667. The van der Waals surface area contributed by atoms with Gasteiger partial charge < -0.3 is 19.3 Å². The fourth-order valence-corrected chi connectivity index (χ4v) is 4.65. The quantitative estimate of drug-likeness (QED) is 0.629. The molecule has 0 unspecified atom stereocenters. The normalized spacial score (nSPS) is 19.1. The van der Waals surface area contributed by atoms with Crippen LogP contribution in [-0.4, -0.2) is 73.6 Å². The van der Waals surface area contributed by atoms with Gasteiger partial charge in [-0.15, -0.1) is 11.3 Å². The van der Waals surface area contributed by atoms with Gasteiger partial charge in [-0.2, -0.15) is 0 Å². The predicted octanol–water partition coefficient (Wildman–Crippen LogP) is 2.10. The summed E-state index contributed by atoms with van der Waals surface area (Å²) in [7, 11) is 0. The molecule has 8 heteroatoms. The molecule has 0 N–H and O–H groups in total. The third kappa shape index (κ3) is 6.27. The summed E-state index contributed by atoms with van der Waals surface area (Å²) in [4.78, 5) is 41.7. The molecule has 1 aromatic rings. The number of amides is 2. The summed E-state index contributed by atoms with van der Waals surface area (Å²) in [5.74, 6) is -0.102. The smallest absolute Gasteiger partial charge is 0.302 e. The maximum Gasteiger partial charge on any atom is 0.302 e. The maximum atomic E-state index is 12.8. The summed E-state index contributed by atoms with van der Waals surface area (Å²) in [6, 6.07) is 4.05. The number of piperidine rings is 1. The Balaban J connectivity index is 1.55. The molecule has 0 bridgehead atoms. The van der Waals surface area contributed by atoms with Crippen LogP contribution in [0.15, 0.2) is 17.5 Å². The summed E-state index contributed by atoms with van der Waals surface area (Å²) in [6.07, 6.45) is 2.95. The Morgan fingerprint density at radius 1 is 1.10 bits per heavy atom. The molecule has 0 aromatic carbocycles. The highest BCUT2D eigenvalue weighted by molar-refractivity contribution is 7.09. The fourth-order valence-electron chi connectivity index (χ4n) is 3.95. The highest BCUT2D eigenvalue weighted by Crippen LogP contribution is 2.36. The van der Waals surface area contributed by atoms with Crippen molar-refractivity contribution < 1.29 is 23.9 Å². The molecule has 0 saturated carbocycles. The van der Waals surface area contributed by atoms with Crippen LogP contribution in [0.3, 0.4) is 0 Å². The van der Waals surface area contributed by atoms with Crippen LogP contribution < -0.4 is 0 Å². The van der Waals surface area contributed by atoms with Crippen LogP contribution in [0.1, 0.15) is 37.5 Å². The number of rotatable bonds is 7. The number of thiophene rings is 1. The molecule has 0 atom stereocenters. The van der Waals surface area contributed by atoms with E-state index in [9.17, 15) is 14.4 Å². The van der Waals surface area contributed by atoms with E-state index in [2.05, 4.69) is 6.07 Å². The van der Waals surface area contributed by atoms with Crippen molar-refractivity contribution in [1.82, 2.24) is 9.80 Å². The van der Waals surface area contributed by atoms with Gasteiger partial charge in [0, 0.05) is 56.2 Å². The van der Waals surface area contributed by atoms with Crippen molar-refractivity contribution in [1.29, 1.82) is 0 Å². The average Bonchev–Trinajstić information content (AvgIpc) is 3.25. The van der Waals surface area contributed by atoms with Gasteiger partial charge in [-0.05, 0) is 30.7 Å². The molecule has 3 rings (SSSR count). The van der Waals surface area contributed by atoms with Crippen molar-refractivity contribution in [3.8, 4) is 0 Å². The number of nitrogens with zero attached hydrogens (tertiary/aromatic N) is 2. The molecule has 2 fully saturated rings. The minimum Gasteiger partial charge on any atom is -0.465 e. The molecular weight excluding hydrogens is 392 g/mol. The van der Waals surface area contributed by atoms with E-state index in [0.29, 0.717) is 65.1 Å². The Labute approximate surface area is 175 Å². The van der Waals surface area contributed by atoms with Gasteiger partial charge in [-0.1, -0.05) is 6.07 Å². The molecule has 7 nitrogen and oxygen atoms in total. The Bertz CT molecular complexity index is 692. The van der Waals surface area contributed by atoms with Crippen LogP contribution in [-0.2, 0) is 30.3 Å². The van der Waals surface area contributed by atoms with Gasteiger partial charge in [0.05, 0.1) is 19.8 Å². The van der Waals surface area contributed by atoms with Crippen molar-refractivity contribution in [2.75, 3.05) is 46.0 Å². The first-order chi connectivity index (χ1) is 14.0. The zero-order valence-electron chi connectivity index (χ0n) is 17.1. The molecule has 2 amide bonds. The van der Waals surface area contributed by atoms with Gasteiger partial charge in [0.2, 0.25) is 11.8 Å². The number of esters is 1.